The minimum absolute atomic E-state index is 0.0455. The van der Waals surface area contributed by atoms with Crippen molar-refractivity contribution in [1.82, 2.24) is 14.5 Å². The second kappa shape index (κ2) is 5.10. The highest BCUT2D eigenvalue weighted by Gasteiger charge is 2.37. The summed E-state index contributed by atoms with van der Waals surface area (Å²) in [7, 11) is 0. The average Bonchev–Trinajstić information content (AvgIpc) is 2.75. The molecule has 0 atom stereocenters. The number of hydrogen-bond donors (Lipinski definition) is 1. The number of aromatic nitrogens is 3. The molecule has 1 N–H and O–H groups in total. The van der Waals surface area contributed by atoms with Crippen molar-refractivity contribution in [1.29, 1.82) is 0 Å². The van der Waals surface area contributed by atoms with E-state index in [1.165, 1.54) is 11.8 Å². The van der Waals surface area contributed by atoms with Crippen LogP contribution in [-0.4, -0.2) is 32.5 Å². The van der Waals surface area contributed by atoms with E-state index in [0.29, 0.717) is 8.91 Å². The van der Waals surface area contributed by atoms with Gasteiger partial charge in [-0.05, 0) is 6.26 Å². The van der Waals surface area contributed by atoms with E-state index in [2.05, 4.69) is 9.97 Å². The predicted octanol–water partition coefficient (Wildman–Crippen LogP) is 1.59. The molecule has 0 unspecified atom stereocenters. The fourth-order valence-corrected chi connectivity index (χ4v) is 2.92. The Labute approximate surface area is 113 Å². The number of aliphatic hydroxyl groups is 1. The lowest BCUT2D eigenvalue weighted by molar-refractivity contribution is -0.148. The van der Waals surface area contributed by atoms with Crippen molar-refractivity contribution in [2.45, 2.75) is 17.1 Å². The van der Waals surface area contributed by atoms with E-state index in [1.54, 1.807) is 6.26 Å². The Morgan fingerprint density at radius 1 is 1.42 bits per heavy atom. The summed E-state index contributed by atoms with van der Waals surface area (Å²) < 4.78 is 39.4. The minimum atomic E-state index is -4.76. The second-order valence-electron chi connectivity index (χ2n) is 3.45. The van der Waals surface area contributed by atoms with Crippen LogP contribution in [0.5, 0.6) is 0 Å². The number of alkyl halides is 3. The van der Waals surface area contributed by atoms with Crippen molar-refractivity contribution < 1.29 is 18.3 Å². The van der Waals surface area contributed by atoms with Crippen molar-refractivity contribution in [2.75, 3.05) is 12.9 Å². The molecule has 2 heterocycles. The molecule has 0 aliphatic carbocycles. The summed E-state index contributed by atoms with van der Waals surface area (Å²) in [6, 6.07) is 0. The normalized spacial score (nSPS) is 12.3. The summed E-state index contributed by atoms with van der Waals surface area (Å²) >= 11 is 2.16. The standard InChI is InChI=1S/C9H8F3N3O2S2/c1-18-8-13-4-5(19-8)14-7(9(10,11)12)15(2-3-16)6(4)17/h16H,2-3H2,1H3. The van der Waals surface area contributed by atoms with Gasteiger partial charge in [-0.25, -0.2) is 9.97 Å². The largest absolute Gasteiger partial charge is 0.449 e. The molecule has 0 aliphatic heterocycles. The molecule has 5 nitrogen and oxygen atoms in total. The first-order valence-electron chi connectivity index (χ1n) is 5.02. The Balaban J connectivity index is 2.79. The topological polar surface area (TPSA) is 68.0 Å². The molecule has 10 heteroatoms. The number of fused-ring (bicyclic) bond motifs is 1. The van der Waals surface area contributed by atoms with Crippen LogP contribution < -0.4 is 5.56 Å². The minimum Gasteiger partial charge on any atom is -0.395 e. The summed E-state index contributed by atoms with van der Waals surface area (Å²) in [5.41, 5.74) is -0.987. The first-order valence-corrected chi connectivity index (χ1v) is 7.06. The Bertz CT molecular complexity index is 665. The van der Waals surface area contributed by atoms with Crippen molar-refractivity contribution >= 4 is 33.4 Å². The van der Waals surface area contributed by atoms with Gasteiger partial charge in [-0.15, -0.1) is 0 Å². The lowest BCUT2D eigenvalue weighted by atomic mass is 10.4. The van der Waals surface area contributed by atoms with Crippen LogP contribution in [0.3, 0.4) is 0 Å². The highest BCUT2D eigenvalue weighted by molar-refractivity contribution is 8.00. The number of rotatable bonds is 3. The molecule has 2 aromatic heterocycles. The molecule has 0 aliphatic rings. The summed E-state index contributed by atoms with van der Waals surface area (Å²) in [6.07, 6.45) is -3.05. The van der Waals surface area contributed by atoms with Gasteiger partial charge in [0.2, 0.25) is 5.82 Å². The number of hydrogen-bond acceptors (Lipinski definition) is 6. The third kappa shape index (κ3) is 2.60. The first kappa shape index (κ1) is 14.3. The quantitative estimate of drug-likeness (QED) is 0.872. The second-order valence-corrected chi connectivity index (χ2v) is 5.48. The van der Waals surface area contributed by atoms with Gasteiger partial charge in [0, 0.05) is 0 Å². The van der Waals surface area contributed by atoms with Gasteiger partial charge in [-0.1, -0.05) is 23.1 Å². The van der Waals surface area contributed by atoms with Crippen LogP contribution in [0.1, 0.15) is 5.82 Å². The maximum absolute atomic E-state index is 12.8. The summed E-state index contributed by atoms with van der Waals surface area (Å²) in [5, 5.41) is 8.78. The van der Waals surface area contributed by atoms with Crippen LogP contribution in [0.25, 0.3) is 10.3 Å². The van der Waals surface area contributed by atoms with Gasteiger partial charge < -0.3 is 5.11 Å². The SMILES string of the molecule is CSc1nc2c(=O)n(CCO)c(C(F)(F)F)nc2s1. The van der Waals surface area contributed by atoms with Gasteiger partial charge in [0.05, 0.1) is 13.2 Å². The van der Waals surface area contributed by atoms with Crippen LogP contribution in [-0.2, 0) is 12.7 Å². The van der Waals surface area contributed by atoms with Crippen molar-refractivity contribution in [3.05, 3.63) is 16.2 Å². The molecule has 0 amide bonds. The van der Waals surface area contributed by atoms with Gasteiger partial charge in [-0.3, -0.25) is 9.36 Å². The number of thiazole rings is 1. The third-order valence-corrected chi connectivity index (χ3v) is 4.19. The highest BCUT2D eigenvalue weighted by Crippen LogP contribution is 2.30. The Hall–Kier alpha value is -1.13. The summed E-state index contributed by atoms with van der Waals surface area (Å²) in [6.45, 7) is -1.06. The van der Waals surface area contributed by atoms with E-state index in [-0.39, 0.29) is 10.3 Å². The van der Waals surface area contributed by atoms with Crippen LogP contribution in [0.15, 0.2) is 9.13 Å². The zero-order valence-electron chi connectivity index (χ0n) is 9.56. The maximum atomic E-state index is 12.8. The van der Waals surface area contributed by atoms with Crippen molar-refractivity contribution in [3.8, 4) is 0 Å². The number of halogens is 3. The van der Waals surface area contributed by atoms with Gasteiger partial charge in [0.15, 0.2) is 14.7 Å². The molecule has 104 valence electrons. The fraction of sp³-hybridized carbons (Fsp3) is 0.444. The molecule has 0 aromatic carbocycles. The maximum Gasteiger partial charge on any atom is 0.449 e. The fourth-order valence-electron chi connectivity index (χ4n) is 1.50. The molecule has 0 fully saturated rings. The van der Waals surface area contributed by atoms with Gasteiger partial charge in [0.1, 0.15) is 0 Å². The third-order valence-electron chi connectivity index (χ3n) is 2.25. The van der Waals surface area contributed by atoms with Crippen LogP contribution in [0.2, 0.25) is 0 Å². The van der Waals surface area contributed by atoms with E-state index in [0.717, 1.165) is 11.3 Å². The van der Waals surface area contributed by atoms with Gasteiger partial charge in [-0.2, -0.15) is 13.2 Å². The Kier molecular flexibility index (Phi) is 3.83. The molecule has 0 saturated carbocycles. The first-order chi connectivity index (χ1) is 8.88. The van der Waals surface area contributed by atoms with E-state index in [1.807, 2.05) is 0 Å². The monoisotopic (exact) mass is 311 g/mol. The molecule has 0 spiro atoms. The summed E-state index contributed by atoms with van der Waals surface area (Å²) in [5.74, 6) is -1.31. The van der Waals surface area contributed by atoms with Crippen LogP contribution >= 0.6 is 23.1 Å². The van der Waals surface area contributed by atoms with E-state index in [4.69, 9.17) is 5.11 Å². The Morgan fingerprint density at radius 2 is 2.11 bits per heavy atom. The van der Waals surface area contributed by atoms with Gasteiger partial charge in [0.25, 0.3) is 5.56 Å². The van der Waals surface area contributed by atoms with Crippen LogP contribution in [0, 0.1) is 0 Å². The lowest BCUT2D eigenvalue weighted by Gasteiger charge is -2.12. The zero-order valence-corrected chi connectivity index (χ0v) is 11.2. The predicted molar refractivity (Wildman–Crippen MR) is 65.5 cm³/mol. The smallest absolute Gasteiger partial charge is 0.395 e. The van der Waals surface area contributed by atoms with Crippen molar-refractivity contribution in [2.24, 2.45) is 0 Å². The highest BCUT2D eigenvalue weighted by atomic mass is 32.2. The van der Waals surface area contributed by atoms with Crippen LogP contribution in [0.4, 0.5) is 13.2 Å². The molecule has 0 bridgehead atoms. The lowest BCUT2D eigenvalue weighted by Crippen LogP contribution is -2.31. The molecule has 19 heavy (non-hydrogen) atoms. The summed E-state index contributed by atoms with van der Waals surface area (Å²) in [4.78, 5) is 19.3. The molecular formula is C9H8F3N3O2S2. The van der Waals surface area contributed by atoms with Gasteiger partial charge >= 0.3 is 6.18 Å². The Morgan fingerprint density at radius 3 is 2.63 bits per heavy atom. The molecule has 2 rings (SSSR count). The number of thioether (sulfide) groups is 1. The molecule has 2 aromatic rings. The zero-order chi connectivity index (χ0) is 14.2. The molecule has 0 radical (unpaired) electrons. The number of nitrogens with zero attached hydrogens (tertiary/aromatic N) is 3. The number of aliphatic hydroxyl groups excluding tert-OH is 1. The van der Waals surface area contributed by atoms with E-state index >= 15 is 0 Å². The van der Waals surface area contributed by atoms with E-state index < -0.39 is 30.7 Å². The molecule has 0 saturated heterocycles. The van der Waals surface area contributed by atoms with E-state index in [9.17, 15) is 18.0 Å². The average molecular weight is 311 g/mol. The van der Waals surface area contributed by atoms with Crippen molar-refractivity contribution in [3.63, 3.8) is 0 Å². The molecular weight excluding hydrogens is 303 g/mol.